The second-order valence-electron chi connectivity index (χ2n) is 7.78. The lowest BCUT2D eigenvalue weighted by molar-refractivity contribution is 0.0913. The molecule has 2 N–H and O–H groups in total. The number of alkyl halides is 2. The maximum atomic E-state index is 14.7. The summed E-state index contributed by atoms with van der Waals surface area (Å²) < 4.78 is 52.0. The van der Waals surface area contributed by atoms with Crippen molar-refractivity contribution >= 4 is 29.1 Å². The molecule has 36 heavy (non-hydrogen) atoms. The molecule has 1 aliphatic rings. The van der Waals surface area contributed by atoms with Gasteiger partial charge < -0.3 is 14.8 Å². The van der Waals surface area contributed by atoms with Crippen molar-refractivity contribution in [1.29, 1.82) is 0 Å². The van der Waals surface area contributed by atoms with Gasteiger partial charge in [-0.1, -0.05) is 23.2 Å². The summed E-state index contributed by atoms with van der Waals surface area (Å²) in [5.41, 5.74) is -3.79. The quantitative estimate of drug-likeness (QED) is 0.455. The Hall–Kier alpha value is -3.51. The first kappa shape index (κ1) is 25.6. The van der Waals surface area contributed by atoms with E-state index in [1.54, 1.807) is 4.98 Å². The molecule has 0 atom stereocenters. The number of rotatable bonds is 7. The molecule has 1 heterocycles. The Labute approximate surface area is 210 Å². The normalized spacial score (nSPS) is 13.4. The lowest BCUT2D eigenvalue weighted by atomic mass is 9.93. The molecule has 2 aromatic carbocycles. The van der Waals surface area contributed by atoms with Crippen molar-refractivity contribution in [3.63, 3.8) is 0 Å². The van der Waals surface area contributed by atoms with E-state index in [0.29, 0.717) is 4.68 Å². The number of nitrogens with one attached hydrogen (secondary N) is 2. The van der Waals surface area contributed by atoms with E-state index in [4.69, 9.17) is 32.7 Å². The number of benzene rings is 2. The lowest BCUT2D eigenvalue weighted by Crippen LogP contribution is -2.39. The van der Waals surface area contributed by atoms with E-state index < -0.39 is 40.8 Å². The van der Waals surface area contributed by atoms with Gasteiger partial charge >= 0.3 is 5.69 Å². The number of aromatic nitrogens is 3. The van der Waals surface area contributed by atoms with Crippen LogP contribution in [0.25, 0.3) is 5.69 Å². The third-order valence-corrected chi connectivity index (χ3v) is 6.00. The van der Waals surface area contributed by atoms with E-state index in [1.807, 2.05) is 0 Å². The van der Waals surface area contributed by atoms with E-state index in [0.717, 1.165) is 43.5 Å². The molecule has 14 heteroatoms. The number of H-pyrrole nitrogens is 1. The molecule has 0 spiro atoms. The lowest BCUT2D eigenvalue weighted by Gasteiger charge is -2.26. The summed E-state index contributed by atoms with van der Waals surface area (Å²) in [5, 5.41) is 5.70. The van der Waals surface area contributed by atoms with Gasteiger partial charge in [-0.15, -0.1) is 0 Å². The third kappa shape index (κ3) is 5.05. The minimum atomic E-state index is -3.25. The molecule has 0 radical (unpaired) electrons. The molecule has 0 saturated heterocycles. The van der Waals surface area contributed by atoms with Crippen molar-refractivity contribution in [2.75, 3.05) is 7.11 Å². The molecule has 1 saturated carbocycles. The zero-order valence-electron chi connectivity index (χ0n) is 18.4. The summed E-state index contributed by atoms with van der Waals surface area (Å²) in [6.07, 6.45) is -0.579. The maximum absolute atomic E-state index is 14.7. The second kappa shape index (κ2) is 10.2. The molecule has 0 bridgehead atoms. The minimum Gasteiger partial charge on any atom is -0.496 e. The average Bonchev–Trinajstić information content (AvgIpc) is 2.78. The van der Waals surface area contributed by atoms with E-state index in [2.05, 4.69) is 10.4 Å². The Balaban J connectivity index is 1.70. The van der Waals surface area contributed by atoms with Crippen LogP contribution in [-0.4, -0.2) is 33.8 Å². The largest absolute Gasteiger partial charge is 0.496 e. The number of methoxy groups -OCH3 is 1. The highest BCUT2D eigenvalue weighted by Gasteiger charge is 2.25. The topological polar surface area (TPSA) is 115 Å². The fourth-order valence-electron chi connectivity index (χ4n) is 3.38. The minimum absolute atomic E-state index is 0.0115. The second-order valence-corrected chi connectivity index (χ2v) is 8.60. The van der Waals surface area contributed by atoms with Gasteiger partial charge in [0.25, 0.3) is 17.9 Å². The van der Waals surface area contributed by atoms with Crippen LogP contribution in [0.15, 0.2) is 33.9 Å². The molecular formula is C22H17Cl2F3N4O5. The maximum Gasteiger partial charge on any atom is 0.349 e. The number of halogens is 5. The zero-order valence-corrected chi connectivity index (χ0v) is 19.9. The SMILES string of the molecule is COc1cc(F)c(Oc2c(Cl)cc(-n3nc(C(F)F)c(=O)[nH]c3=O)cc2Cl)cc1C(=O)NC1CCC1. The predicted octanol–water partition coefficient (Wildman–Crippen LogP) is 4.39. The molecule has 0 aliphatic heterocycles. The van der Waals surface area contributed by atoms with Crippen LogP contribution in [0.1, 0.15) is 41.7 Å². The highest BCUT2D eigenvalue weighted by molar-refractivity contribution is 6.37. The van der Waals surface area contributed by atoms with Crippen LogP contribution in [0.2, 0.25) is 10.0 Å². The van der Waals surface area contributed by atoms with Crippen molar-refractivity contribution in [2.24, 2.45) is 0 Å². The van der Waals surface area contributed by atoms with Crippen LogP contribution < -0.4 is 26.0 Å². The Morgan fingerprint density at radius 1 is 1.17 bits per heavy atom. The summed E-state index contributed by atoms with van der Waals surface area (Å²) in [6, 6.07) is 4.30. The van der Waals surface area contributed by atoms with Crippen molar-refractivity contribution < 1.29 is 27.4 Å². The third-order valence-electron chi connectivity index (χ3n) is 5.44. The monoisotopic (exact) mass is 544 g/mol. The number of ether oxygens (including phenoxy) is 2. The van der Waals surface area contributed by atoms with E-state index in [9.17, 15) is 27.6 Å². The number of nitrogens with zero attached hydrogens (tertiary/aromatic N) is 2. The highest BCUT2D eigenvalue weighted by Crippen LogP contribution is 2.40. The molecule has 190 valence electrons. The van der Waals surface area contributed by atoms with Gasteiger partial charge in [-0.25, -0.2) is 18.0 Å². The van der Waals surface area contributed by atoms with Crippen LogP contribution in [0.4, 0.5) is 13.2 Å². The molecule has 4 rings (SSSR count). The summed E-state index contributed by atoms with van der Waals surface area (Å²) in [6.45, 7) is 0. The first-order chi connectivity index (χ1) is 17.1. The molecular weight excluding hydrogens is 528 g/mol. The molecule has 1 aliphatic carbocycles. The van der Waals surface area contributed by atoms with Crippen LogP contribution in [0.5, 0.6) is 17.2 Å². The number of amides is 1. The zero-order chi connectivity index (χ0) is 26.1. The van der Waals surface area contributed by atoms with Gasteiger partial charge in [0.1, 0.15) is 5.75 Å². The average molecular weight is 545 g/mol. The van der Waals surface area contributed by atoms with E-state index in [-0.39, 0.29) is 38.8 Å². The molecule has 1 aromatic heterocycles. The number of hydrogen-bond acceptors (Lipinski definition) is 6. The summed E-state index contributed by atoms with van der Waals surface area (Å²) >= 11 is 12.5. The van der Waals surface area contributed by atoms with Gasteiger partial charge in [0.2, 0.25) is 0 Å². The first-order valence-electron chi connectivity index (χ1n) is 10.5. The summed E-state index contributed by atoms with van der Waals surface area (Å²) in [4.78, 5) is 38.0. The van der Waals surface area contributed by atoms with Gasteiger partial charge in [0.05, 0.1) is 28.4 Å². The summed E-state index contributed by atoms with van der Waals surface area (Å²) in [5.74, 6) is -2.02. The molecule has 0 unspecified atom stereocenters. The van der Waals surface area contributed by atoms with Crippen LogP contribution in [0, 0.1) is 5.82 Å². The van der Waals surface area contributed by atoms with Gasteiger partial charge in [0, 0.05) is 18.2 Å². The van der Waals surface area contributed by atoms with Gasteiger partial charge in [-0.05, 0) is 31.4 Å². The number of carbonyl (C=O) groups excluding carboxylic acids is 1. The Morgan fingerprint density at radius 2 is 1.83 bits per heavy atom. The van der Waals surface area contributed by atoms with Gasteiger partial charge in [0.15, 0.2) is 23.0 Å². The molecule has 3 aromatic rings. The smallest absolute Gasteiger partial charge is 0.349 e. The van der Waals surface area contributed by atoms with Gasteiger partial charge in [-0.2, -0.15) is 9.78 Å². The van der Waals surface area contributed by atoms with Crippen molar-refractivity contribution in [2.45, 2.75) is 31.7 Å². The highest BCUT2D eigenvalue weighted by atomic mass is 35.5. The molecule has 1 fully saturated rings. The molecule has 1 amide bonds. The number of carbonyl (C=O) groups is 1. The van der Waals surface area contributed by atoms with Crippen molar-refractivity contribution in [1.82, 2.24) is 20.1 Å². The number of hydrogen-bond donors (Lipinski definition) is 2. The summed E-state index contributed by atoms with van der Waals surface area (Å²) in [7, 11) is 1.29. The van der Waals surface area contributed by atoms with Gasteiger partial charge in [-0.3, -0.25) is 14.6 Å². The first-order valence-corrected chi connectivity index (χ1v) is 11.2. The van der Waals surface area contributed by atoms with Crippen molar-refractivity contribution in [3.05, 3.63) is 72.2 Å². The van der Waals surface area contributed by atoms with Crippen LogP contribution >= 0.6 is 23.2 Å². The van der Waals surface area contributed by atoms with Crippen LogP contribution in [-0.2, 0) is 0 Å². The van der Waals surface area contributed by atoms with Crippen molar-refractivity contribution in [3.8, 4) is 22.9 Å². The molecule has 9 nitrogen and oxygen atoms in total. The Kier molecular flexibility index (Phi) is 7.27. The predicted molar refractivity (Wildman–Crippen MR) is 124 cm³/mol. The van der Waals surface area contributed by atoms with Crippen LogP contribution in [0.3, 0.4) is 0 Å². The fourth-order valence-corrected chi connectivity index (χ4v) is 3.93. The van der Waals surface area contributed by atoms with E-state index in [1.165, 1.54) is 7.11 Å². The number of aromatic amines is 1. The van der Waals surface area contributed by atoms with E-state index >= 15 is 0 Å². The Morgan fingerprint density at radius 3 is 2.39 bits per heavy atom. The Bertz CT molecular complexity index is 1430. The fraction of sp³-hybridized carbons (Fsp3) is 0.273. The standard InChI is InChI=1S/C22H17Cl2F3N4O5/c1-35-15-8-14(25)16(7-11(15)20(32)28-9-3-2-4-9)36-18-12(23)5-10(6-13(18)24)31-22(34)29-21(33)17(30-31)19(26)27/h5-9,19H,2-4H2,1H3,(H,28,32)(H,29,33,34).